The molecular formula is C16H12BrClN2O. The quantitative estimate of drug-likeness (QED) is 0.707. The van der Waals surface area contributed by atoms with Crippen molar-refractivity contribution in [3.63, 3.8) is 0 Å². The number of aromatic amines is 1. The second kappa shape index (κ2) is 6.00. The predicted molar refractivity (Wildman–Crippen MR) is 89.2 cm³/mol. The van der Waals surface area contributed by atoms with Crippen LogP contribution in [0.1, 0.15) is 16.2 Å². The van der Waals surface area contributed by atoms with E-state index in [4.69, 9.17) is 11.6 Å². The van der Waals surface area contributed by atoms with Crippen LogP contribution in [-0.2, 0) is 6.42 Å². The standard InChI is InChI=1S/C16H12BrClN2O/c17-13(8-10-4-2-1-3-5-10)15-19-14-9-11(18)6-7-12(14)16(21)20-15/h1-7,9,13H,8H2,(H,19,20,21). The van der Waals surface area contributed by atoms with Crippen LogP contribution in [0.15, 0.2) is 53.3 Å². The van der Waals surface area contributed by atoms with Gasteiger partial charge in [0.2, 0.25) is 0 Å². The molecule has 2 aromatic carbocycles. The molecule has 0 aliphatic rings. The van der Waals surface area contributed by atoms with Gasteiger partial charge in [-0.25, -0.2) is 4.98 Å². The summed E-state index contributed by atoms with van der Waals surface area (Å²) in [5, 5.41) is 1.11. The molecule has 1 atom stereocenters. The van der Waals surface area contributed by atoms with Crippen molar-refractivity contribution in [2.45, 2.75) is 11.2 Å². The summed E-state index contributed by atoms with van der Waals surface area (Å²) < 4.78 is 0. The Morgan fingerprint density at radius 2 is 1.95 bits per heavy atom. The summed E-state index contributed by atoms with van der Waals surface area (Å²) in [5.41, 5.74) is 1.64. The molecule has 3 nitrogen and oxygen atoms in total. The highest BCUT2D eigenvalue weighted by atomic mass is 79.9. The van der Waals surface area contributed by atoms with Crippen molar-refractivity contribution in [2.75, 3.05) is 0 Å². The van der Waals surface area contributed by atoms with Crippen LogP contribution >= 0.6 is 27.5 Å². The Morgan fingerprint density at radius 1 is 1.19 bits per heavy atom. The van der Waals surface area contributed by atoms with Gasteiger partial charge in [0, 0.05) is 5.02 Å². The third kappa shape index (κ3) is 3.17. The van der Waals surface area contributed by atoms with E-state index in [1.54, 1.807) is 18.2 Å². The number of rotatable bonds is 3. The zero-order valence-electron chi connectivity index (χ0n) is 11.0. The van der Waals surface area contributed by atoms with Crippen LogP contribution in [0.3, 0.4) is 0 Å². The van der Waals surface area contributed by atoms with Crippen molar-refractivity contribution in [2.24, 2.45) is 0 Å². The summed E-state index contributed by atoms with van der Waals surface area (Å²) in [4.78, 5) is 19.4. The highest BCUT2D eigenvalue weighted by Crippen LogP contribution is 2.25. The van der Waals surface area contributed by atoms with Crippen molar-refractivity contribution in [1.29, 1.82) is 0 Å². The van der Waals surface area contributed by atoms with Crippen LogP contribution in [0.5, 0.6) is 0 Å². The first kappa shape index (κ1) is 14.3. The van der Waals surface area contributed by atoms with Gasteiger partial charge in [-0.2, -0.15) is 0 Å². The molecule has 3 rings (SSSR count). The Morgan fingerprint density at radius 3 is 2.71 bits per heavy atom. The number of H-pyrrole nitrogens is 1. The van der Waals surface area contributed by atoms with Gasteiger partial charge in [0.15, 0.2) is 0 Å². The third-order valence-corrected chi connectivity index (χ3v) is 4.23. The Balaban J connectivity index is 1.98. The molecule has 106 valence electrons. The minimum atomic E-state index is -0.149. The lowest BCUT2D eigenvalue weighted by Crippen LogP contribution is -2.13. The van der Waals surface area contributed by atoms with Gasteiger partial charge in [-0.05, 0) is 30.2 Å². The zero-order chi connectivity index (χ0) is 14.8. The van der Waals surface area contributed by atoms with Gasteiger partial charge in [-0.3, -0.25) is 4.79 Å². The molecule has 0 saturated heterocycles. The molecule has 0 aliphatic heterocycles. The first-order valence-electron chi connectivity index (χ1n) is 6.51. The maximum atomic E-state index is 12.1. The molecule has 1 heterocycles. The number of alkyl halides is 1. The van der Waals surface area contributed by atoms with E-state index in [0.29, 0.717) is 21.7 Å². The molecule has 1 aromatic heterocycles. The number of hydrogen-bond acceptors (Lipinski definition) is 2. The number of halogens is 2. The molecule has 0 radical (unpaired) electrons. The Bertz CT molecular complexity index is 833. The summed E-state index contributed by atoms with van der Waals surface area (Å²) in [6.07, 6.45) is 0.746. The third-order valence-electron chi connectivity index (χ3n) is 3.24. The molecule has 0 aliphatic carbocycles. The van der Waals surface area contributed by atoms with Crippen molar-refractivity contribution < 1.29 is 0 Å². The largest absolute Gasteiger partial charge is 0.309 e. The molecule has 1 unspecified atom stereocenters. The number of nitrogens with one attached hydrogen (secondary N) is 1. The van der Waals surface area contributed by atoms with Crippen LogP contribution in [0.2, 0.25) is 5.02 Å². The lowest BCUT2D eigenvalue weighted by molar-refractivity contribution is 0.852. The average molecular weight is 364 g/mol. The van der Waals surface area contributed by atoms with Gasteiger partial charge >= 0.3 is 0 Å². The normalized spacial score (nSPS) is 12.5. The summed E-state index contributed by atoms with van der Waals surface area (Å²) in [6, 6.07) is 15.1. The number of aromatic nitrogens is 2. The molecule has 0 fully saturated rings. The second-order valence-corrected chi connectivity index (χ2v) is 6.31. The molecule has 0 bridgehead atoms. The van der Waals surface area contributed by atoms with E-state index in [1.807, 2.05) is 30.3 Å². The molecule has 1 N–H and O–H groups in total. The van der Waals surface area contributed by atoms with E-state index >= 15 is 0 Å². The molecule has 5 heteroatoms. The Labute approximate surface area is 135 Å². The van der Waals surface area contributed by atoms with Crippen LogP contribution in [0, 0.1) is 0 Å². The lowest BCUT2D eigenvalue weighted by Gasteiger charge is -2.10. The summed E-state index contributed by atoms with van der Waals surface area (Å²) in [5.74, 6) is 0.610. The highest BCUT2D eigenvalue weighted by molar-refractivity contribution is 9.09. The fraction of sp³-hybridized carbons (Fsp3) is 0.125. The van der Waals surface area contributed by atoms with E-state index in [-0.39, 0.29) is 10.4 Å². The topological polar surface area (TPSA) is 45.8 Å². The summed E-state index contributed by atoms with van der Waals surface area (Å²) >= 11 is 9.56. The maximum Gasteiger partial charge on any atom is 0.258 e. The molecular weight excluding hydrogens is 352 g/mol. The van der Waals surface area contributed by atoms with E-state index in [0.717, 1.165) is 6.42 Å². The number of fused-ring (bicyclic) bond motifs is 1. The minimum Gasteiger partial charge on any atom is -0.309 e. The summed E-state index contributed by atoms with van der Waals surface area (Å²) in [7, 11) is 0. The molecule has 0 amide bonds. The minimum absolute atomic E-state index is 0.0593. The first-order valence-corrected chi connectivity index (χ1v) is 7.80. The fourth-order valence-corrected chi connectivity index (χ4v) is 2.95. The van der Waals surface area contributed by atoms with Gasteiger partial charge in [-0.15, -0.1) is 0 Å². The molecule has 0 saturated carbocycles. The average Bonchev–Trinajstić information content (AvgIpc) is 2.47. The number of benzene rings is 2. The van der Waals surface area contributed by atoms with E-state index < -0.39 is 0 Å². The first-order chi connectivity index (χ1) is 10.1. The number of hydrogen-bond donors (Lipinski definition) is 1. The molecule has 0 spiro atoms. The fourth-order valence-electron chi connectivity index (χ4n) is 2.20. The lowest BCUT2D eigenvalue weighted by atomic mass is 10.1. The van der Waals surface area contributed by atoms with Crippen molar-refractivity contribution in [1.82, 2.24) is 9.97 Å². The zero-order valence-corrected chi connectivity index (χ0v) is 13.4. The van der Waals surface area contributed by atoms with Crippen LogP contribution in [0.25, 0.3) is 10.9 Å². The van der Waals surface area contributed by atoms with Crippen LogP contribution in [-0.4, -0.2) is 9.97 Å². The van der Waals surface area contributed by atoms with E-state index in [9.17, 15) is 4.79 Å². The molecule has 21 heavy (non-hydrogen) atoms. The summed E-state index contributed by atoms with van der Waals surface area (Å²) in [6.45, 7) is 0. The number of nitrogens with zero attached hydrogens (tertiary/aromatic N) is 1. The smallest absolute Gasteiger partial charge is 0.258 e. The van der Waals surface area contributed by atoms with Gasteiger partial charge < -0.3 is 4.98 Å². The van der Waals surface area contributed by atoms with Gasteiger partial charge in [0.05, 0.1) is 15.7 Å². The predicted octanol–water partition coefficient (Wildman–Crippen LogP) is 4.26. The van der Waals surface area contributed by atoms with Crippen molar-refractivity contribution >= 4 is 38.4 Å². The van der Waals surface area contributed by atoms with Crippen molar-refractivity contribution in [3.8, 4) is 0 Å². The van der Waals surface area contributed by atoms with Crippen LogP contribution in [0.4, 0.5) is 0 Å². The van der Waals surface area contributed by atoms with Gasteiger partial charge in [0.1, 0.15) is 5.82 Å². The molecule has 3 aromatic rings. The monoisotopic (exact) mass is 362 g/mol. The van der Waals surface area contributed by atoms with Gasteiger partial charge in [0.25, 0.3) is 5.56 Å². The van der Waals surface area contributed by atoms with Crippen molar-refractivity contribution in [3.05, 3.63) is 75.3 Å². The van der Waals surface area contributed by atoms with Gasteiger partial charge in [-0.1, -0.05) is 57.9 Å². The van der Waals surface area contributed by atoms with E-state index in [2.05, 4.69) is 25.9 Å². The Kier molecular flexibility index (Phi) is 4.08. The Hall–Kier alpha value is -1.65. The second-order valence-electron chi connectivity index (χ2n) is 4.77. The highest BCUT2D eigenvalue weighted by Gasteiger charge is 2.13. The SMILES string of the molecule is O=c1[nH]c(C(Br)Cc2ccccc2)nc2cc(Cl)ccc12. The maximum absolute atomic E-state index is 12.1. The van der Waals surface area contributed by atoms with Crippen LogP contribution < -0.4 is 5.56 Å². The van der Waals surface area contributed by atoms with E-state index in [1.165, 1.54) is 5.56 Å².